The van der Waals surface area contributed by atoms with Crippen molar-refractivity contribution in [3.05, 3.63) is 130 Å². The highest BCUT2D eigenvalue weighted by Gasteiger charge is 2.42. The Balaban J connectivity index is 1.45. The van der Waals surface area contributed by atoms with E-state index in [0.29, 0.717) is 21.0 Å². The molecule has 4 aromatic rings. The summed E-state index contributed by atoms with van der Waals surface area (Å²) in [6.07, 6.45) is -4.28. The zero-order valence-corrected chi connectivity index (χ0v) is 25.4. The number of hydrogen-bond acceptors (Lipinski definition) is 4. The van der Waals surface area contributed by atoms with Crippen LogP contribution in [0.3, 0.4) is 0 Å². The van der Waals surface area contributed by atoms with Gasteiger partial charge in [0.25, 0.3) is 11.8 Å². The van der Waals surface area contributed by atoms with Crippen LogP contribution in [0.2, 0.25) is 5.02 Å². The molecule has 4 rings (SSSR count). The normalized spacial score (nSPS) is 12.3. The topological polar surface area (TPSA) is 87.3 Å². The number of benzene rings is 4. The van der Waals surface area contributed by atoms with Crippen LogP contribution in [0.15, 0.2) is 89.5 Å². The van der Waals surface area contributed by atoms with Crippen molar-refractivity contribution < 1.29 is 45.1 Å². The molecule has 47 heavy (non-hydrogen) atoms. The van der Waals surface area contributed by atoms with Gasteiger partial charge in [-0.3, -0.25) is 14.4 Å². The molecule has 4 aromatic carbocycles. The van der Waals surface area contributed by atoms with Crippen LogP contribution in [0.25, 0.3) is 6.08 Å². The van der Waals surface area contributed by atoms with Crippen LogP contribution in [-0.2, 0) is 15.8 Å². The summed E-state index contributed by atoms with van der Waals surface area (Å²) in [5, 5.41) is 6.12. The van der Waals surface area contributed by atoms with Crippen molar-refractivity contribution in [3.63, 3.8) is 0 Å². The van der Waals surface area contributed by atoms with Gasteiger partial charge in [0.2, 0.25) is 5.91 Å². The highest BCUT2D eigenvalue weighted by molar-refractivity contribution is 8.00. The Labute approximate surface area is 272 Å². The molecule has 1 atom stereocenters. The molecule has 0 heterocycles. The molecule has 3 amide bonds. The average Bonchev–Trinajstić information content (AvgIpc) is 3.03. The summed E-state index contributed by atoms with van der Waals surface area (Å²) >= 11 is 6.76. The Bertz CT molecular complexity index is 1810. The molecule has 0 saturated carbocycles. The van der Waals surface area contributed by atoms with Gasteiger partial charge >= 0.3 is 6.18 Å². The molecule has 0 fully saturated rings. The predicted octanol–water partition coefficient (Wildman–Crippen LogP) is 8.44. The zero-order valence-electron chi connectivity index (χ0n) is 23.8. The van der Waals surface area contributed by atoms with Gasteiger partial charge in [0, 0.05) is 21.2 Å². The van der Waals surface area contributed by atoms with Crippen molar-refractivity contribution in [1.29, 1.82) is 0 Å². The van der Waals surface area contributed by atoms with Crippen LogP contribution in [0.1, 0.15) is 28.4 Å². The Morgan fingerprint density at radius 3 is 1.91 bits per heavy atom. The number of halogens is 8. The van der Waals surface area contributed by atoms with Crippen LogP contribution in [-0.4, -0.2) is 23.0 Å². The fourth-order valence-corrected chi connectivity index (χ4v) is 4.95. The van der Waals surface area contributed by atoms with Gasteiger partial charge in [0.15, 0.2) is 23.3 Å². The maximum atomic E-state index is 14.2. The fraction of sp³-hybridized carbons (Fsp3) is 0.0938. The molecule has 0 spiro atoms. The van der Waals surface area contributed by atoms with Gasteiger partial charge in [0.05, 0.1) is 5.25 Å². The molecule has 0 aromatic heterocycles. The molecule has 6 nitrogen and oxygen atoms in total. The van der Waals surface area contributed by atoms with Gasteiger partial charge in [-0.1, -0.05) is 41.9 Å². The maximum absolute atomic E-state index is 14.2. The minimum atomic E-state index is -5.72. The summed E-state index contributed by atoms with van der Waals surface area (Å²) in [5.41, 5.74) is -3.42. The summed E-state index contributed by atoms with van der Waals surface area (Å²) < 4.78 is 94.8. The van der Waals surface area contributed by atoms with Gasteiger partial charge in [-0.05, 0) is 67.1 Å². The van der Waals surface area contributed by atoms with Crippen LogP contribution >= 0.6 is 23.4 Å². The molecule has 3 N–H and O–H groups in total. The number of nitrogens with one attached hydrogen (secondary N) is 3. The second-order valence-corrected chi connectivity index (χ2v) is 11.5. The first-order valence-electron chi connectivity index (χ1n) is 13.3. The molecular weight excluding hydrogens is 675 g/mol. The molecule has 0 bridgehead atoms. The average molecular weight is 696 g/mol. The van der Waals surface area contributed by atoms with E-state index in [1.807, 2.05) is 0 Å². The lowest BCUT2D eigenvalue weighted by atomic mass is 10.1. The Morgan fingerprint density at radius 1 is 0.787 bits per heavy atom. The quantitative estimate of drug-likeness (QED) is 0.0710. The van der Waals surface area contributed by atoms with Crippen molar-refractivity contribution >= 4 is 58.5 Å². The molecule has 244 valence electrons. The molecule has 1 unspecified atom stereocenters. The predicted molar refractivity (Wildman–Crippen MR) is 164 cm³/mol. The fourth-order valence-electron chi connectivity index (χ4n) is 3.96. The monoisotopic (exact) mass is 695 g/mol. The third kappa shape index (κ3) is 8.71. The molecule has 0 radical (unpaired) electrons. The third-order valence-electron chi connectivity index (χ3n) is 6.30. The molecule has 0 aliphatic carbocycles. The summed E-state index contributed by atoms with van der Waals surface area (Å²) in [6, 6.07) is 20.5. The SMILES string of the molecule is CC(Sc1ccc(NC(=O)/C(=C/c2ccc(Cl)cc2)NC(=O)c2ccccc2)cc1)C(=O)Nc1c(F)c(F)c(C(F)(F)F)c(F)c1F. The van der Waals surface area contributed by atoms with E-state index < -0.39 is 63.7 Å². The van der Waals surface area contributed by atoms with E-state index >= 15 is 0 Å². The summed E-state index contributed by atoms with van der Waals surface area (Å²) in [6.45, 7) is 1.27. The zero-order chi connectivity index (χ0) is 34.5. The largest absolute Gasteiger partial charge is 0.422 e. The number of anilines is 2. The first-order chi connectivity index (χ1) is 22.1. The molecule has 15 heteroatoms. The van der Waals surface area contributed by atoms with E-state index in [2.05, 4.69) is 10.6 Å². The first-order valence-corrected chi connectivity index (χ1v) is 14.6. The highest BCUT2D eigenvalue weighted by atomic mass is 35.5. The van der Waals surface area contributed by atoms with Crippen molar-refractivity contribution in [3.8, 4) is 0 Å². The lowest BCUT2D eigenvalue weighted by Gasteiger charge is -2.16. The van der Waals surface area contributed by atoms with Crippen molar-refractivity contribution in [1.82, 2.24) is 5.32 Å². The van der Waals surface area contributed by atoms with E-state index in [0.717, 1.165) is 11.8 Å². The third-order valence-corrected chi connectivity index (χ3v) is 7.66. The lowest BCUT2D eigenvalue weighted by molar-refractivity contribution is -0.143. The van der Waals surface area contributed by atoms with Gasteiger partial charge in [-0.25, -0.2) is 17.6 Å². The van der Waals surface area contributed by atoms with E-state index in [1.165, 1.54) is 37.3 Å². The number of thioether (sulfide) groups is 1. The minimum absolute atomic E-state index is 0.0967. The number of amides is 3. The molecule has 0 aliphatic rings. The number of carbonyl (C=O) groups excluding carboxylic acids is 3. The second-order valence-electron chi connectivity index (χ2n) is 9.66. The van der Waals surface area contributed by atoms with Crippen molar-refractivity contribution in [2.24, 2.45) is 0 Å². The Hall–Kier alpha value is -4.82. The smallest absolute Gasteiger partial charge is 0.321 e. The summed E-state index contributed by atoms with van der Waals surface area (Å²) in [5.74, 6) is -12.6. The van der Waals surface area contributed by atoms with E-state index in [-0.39, 0.29) is 11.4 Å². The second kappa shape index (κ2) is 14.7. The van der Waals surface area contributed by atoms with Crippen LogP contribution in [0.5, 0.6) is 0 Å². The van der Waals surface area contributed by atoms with Crippen molar-refractivity contribution in [2.45, 2.75) is 23.2 Å². The van der Waals surface area contributed by atoms with Crippen LogP contribution in [0.4, 0.5) is 42.1 Å². The van der Waals surface area contributed by atoms with E-state index in [4.69, 9.17) is 11.6 Å². The number of rotatable bonds is 9. The van der Waals surface area contributed by atoms with E-state index in [1.54, 1.807) is 59.9 Å². The van der Waals surface area contributed by atoms with Gasteiger partial charge < -0.3 is 16.0 Å². The van der Waals surface area contributed by atoms with Crippen LogP contribution in [0, 0.1) is 23.3 Å². The Morgan fingerprint density at radius 2 is 1.36 bits per heavy atom. The lowest BCUT2D eigenvalue weighted by Crippen LogP contribution is -2.30. The van der Waals surface area contributed by atoms with Crippen molar-refractivity contribution in [2.75, 3.05) is 10.6 Å². The molecule has 0 aliphatic heterocycles. The highest BCUT2D eigenvalue weighted by Crippen LogP contribution is 2.38. The number of hydrogen-bond donors (Lipinski definition) is 3. The van der Waals surface area contributed by atoms with Crippen LogP contribution < -0.4 is 16.0 Å². The summed E-state index contributed by atoms with van der Waals surface area (Å²) in [4.78, 5) is 38.9. The van der Waals surface area contributed by atoms with E-state index in [9.17, 15) is 45.1 Å². The summed E-state index contributed by atoms with van der Waals surface area (Å²) in [7, 11) is 0. The van der Waals surface area contributed by atoms with Gasteiger partial charge in [-0.15, -0.1) is 11.8 Å². The van der Waals surface area contributed by atoms with Gasteiger partial charge in [0.1, 0.15) is 16.9 Å². The maximum Gasteiger partial charge on any atom is 0.422 e. The first kappa shape index (κ1) is 35.0. The standard InChI is InChI=1S/C32H21ClF7N3O3S/c1-16(29(44)43-28-26(36)24(34)23(32(38,39)40)25(35)27(28)37)47-21-13-11-20(12-14-21)41-31(46)22(15-17-7-9-19(33)10-8-17)42-30(45)18-5-3-2-4-6-18/h2-16H,1H3,(H,41,46)(H,42,45)(H,43,44)/b22-15-. The number of carbonyl (C=O) groups is 3. The van der Waals surface area contributed by atoms with Gasteiger partial charge in [-0.2, -0.15) is 13.2 Å². The minimum Gasteiger partial charge on any atom is -0.321 e. The molecule has 0 saturated heterocycles. The number of alkyl halides is 3. The Kier molecular flexibility index (Phi) is 11.0. The molecular formula is C32H21ClF7N3O3S.